The quantitative estimate of drug-likeness (QED) is 0.625. The number of aliphatic imine (C=N–C) groups is 1. The molecule has 1 fully saturated rings. The zero-order valence-corrected chi connectivity index (χ0v) is 10.8. The summed E-state index contributed by atoms with van der Waals surface area (Å²) in [4.78, 5) is 4.65. The molecule has 1 aliphatic rings. The van der Waals surface area contributed by atoms with Crippen LogP contribution in [0.2, 0.25) is 0 Å². The van der Waals surface area contributed by atoms with Gasteiger partial charge in [-0.05, 0) is 32.3 Å². The van der Waals surface area contributed by atoms with E-state index in [1.807, 2.05) is 0 Å². The molecule has 1 saturated carbocycles. The Kier molecular flexibility index (Phi) is 3.82. The number of amidine groups is 1. The molecule has 0 saturated heterocycles. The second-order valence-electron chi connectivity index (χ2n) is 5.12. The van der Waals surface area contributed by atoms with Gasteiger partial charge in [0.25, 0.3) is 0 Å². The maximum absolute atomic E-state index is 6.10. The molecule has 0 aromatic heterocycles. The fourth-order valence-electron chi connectivity index (χ4n) is 2.47. The molecule has 1 aromatic rings. The summed E-state index contributed by atoms with van der Waals surface area (Å²) in [5.74, 6) is 1.39. The van der Waals surface area contributed by atoms with Crippen molar-refractivity contribution >= 4 is 5.84 Å². The van der Waals surface area contributed by atoms with Gasteiger partial charge in [0, 0.05) is 5.92 Å². The average Bonchev–Trinajstić information content (AvgIpc) is 2.83. The Labute approximate surface area is 104 Å². The van der Waals surface area contributed by atoms with Crippen LogP contribution in [-0.2, 0) is 0 Å². The summed E-state index contributed by atoms with van der Waals surface area (Å²) >= 11 is 0. The fraction of sp³-hybridized carbons (Fsp3) is 0.533. The number of nitrogens with two attached hydrogens (primary N) is 1. The molecule has 2 N–H and O–H groups in total. The monoisotopic (exact) mass is 230 g/mol. The normalized spacial score (nSPS) is 19.5. The van der Waals surface area contributed by atoms with Gasteiger partial charge in [0.05, 0.1) is 11.9 Å². The summed E-state index contributed by atoms with van der Waals surface area (Å²) in [6, 6.07) is 8.73. The van der Waals surface area contributed by atoms with Crippen LogP contribution in [-0.4, -0.2) is 5.84 Å². The molecule has 17 heavy (non-hydrogen) atoms. The number of rotatable bonds is 3. The highest BCUT2D eigenvalue weighted by Crippen LogP contribution is 2.26. The molecule has 0 aliphatic heterocycles. The van der Waals surface area contributed by atoms with Crippen LogP contribution < -0.4 is 5.73 Å². The highest BCUT2D eigenvalue weighted by molar-refractivity contribution is 5.83. The first-order valence-corrected chi connectivity index (χ1v) is 6.56. The van der Waals surface area contributed by atoms with E-state index in [0.29, 0.717) is 5.92 Å². The molecule has 0 bridgehead atoms. The van der Waals surface area contributed by atoms with Crippen LogP contribution in [0.25, 0.3) is 0 Å². The molecule has 2 nitrogen and oxygen atoms in total. The molecule has 1 aromatic carbocycles. The third-order valence-electron chi connectivity index (χ3n) is 3.68. The zero-order valence-electron chi connectivity index (χ0n) is 10.8. The van der Waals surface area contributed by atoms with E-state index in [9.17, 15) is 0 Å². The summed E-state index contributed by atoms with van der Waals surface area (Å²) in [5, 5.41) is 0. The Morgan fingerprint density at radius 3 is 2.41 bits per heavy atom. The van der Waals surface area contributed by atoms with Crippen LogP contribution >= 0.6 is 0 Å². The predicted octanol–water partition coefficient (Wildman–Crippen LogP) is 3.60. The smallest absolute Gasteiger partial charge is 0.0975 e. The van der Waals surface area contributed by atoms with Gasteiger partial charge in [0.2, 0.25) is 0 Å². The first-order valence-electron chi connectivity index (χ1n) is 6.56. The minimum absolute atomic E-state index is 0.177. The van der Waals surface area contributed by atoms with E-state index in [2.05, 4.69) is 43.1 Å². The number of hydrogen-bond donors (Lipinski definition) is 1. The highest BCUT2D eigenvalue weighted by Gasteiger charge is 2.19. The molecule has 1 aliphatic carbocycles. The van der Waals surface area contributed by atoms with Gasteiger partial charge in [-0.15, -0.1) is 0 Å². The van der Waals surface area contributed by atoms with E-state index in [4.69, 9.17) is 5.73 Å². The fourth-order valence-corrected chi connectivity index (χ4v) is 2.47. The van der Waals surface area contributed by atoms with Gasteiger partial charge >= 0.3 is 0 Å². The molecule has 0 heterocycles. The minimum Gasteiger partial charge on any atom is -0.387 e. The minimum atomic E-state index is 0.177. The maximum atomic E-state index is 6.10. The van der Waals surface area contributed by atoms with Crippen LogP contribution in [0.4, 0.5) is 0 Å². The molecule has 0 radical (unpaired) electrons. The van der Waals surface area contributed by atoms with E-state index < -0.39 is 0 Å². The standard InChI is InChI=1S/C15H22N2/c1-11-7-9-13(10-8-11)12(2)17-15(16)14-5-3-4-6-14/h7-10,12,14H,3-6H2,1-2H3,(H2,16,17). The highest BCUT2D eigenvalue weighted by atomic mass is 14.9. The van der Waals surface area contributed by atoms with Crippen LogP contribution in [0.1, 0.15) is 49.8 Å². The summed E-state index contributed by atoms with van der Waals surface area (Å²) in [6.45, 7) is 4.22. The zero-order chi connectivity index (χ0) is 12.3. The van der Waals surface area contributed by atoms with Gasteiger partial charge in [-0.3, -0.25) is 4.99 Å². The number of aryl methyl sites for hydroxylation is 1. The molecule has 2 rings (SSSR count). The summed E-state index contributed by atoms with van der Waals surface area (Å²) < 4.78 is 0. The van der Waals surface area contributed by atoms with Gasteiger partial charge in [-0.25, -0.2) is 0 Å². The molecule has 1 atom stereocenters. The molecule has 2 heteroatoms. The first kappa shape index (κ1) is 12.2. The third-order valence-corrected chi connectivity index (χ3v) is 3.68. The summed E-state index contributed by atoms with van der Waals surface area (Å²) in [7, 11) is 0. The predicted molar refractivity (Wildman–Crippen MR) is 73.2 cm³/mol. The van der Waals surface area contributed by atoms with E-state index in [-0.39, 0.29) is 6.04 Å². The number of benzene rings is 1. The van der Waals surface area contributed by atoms with Crippen LogP contribution in [0.15, 0.2) is 29.3 Å². The van der Waals surface area contributed by atoms with Gasteiger partial charge in [-0.2, -0.15) is 0 Å². The Hall–Kier alpha value is -1.31. The van der Waals surface area contributed by atoms with Crippen molar-refractivity contribution in [3.8, 4) is 0 Å². The number of hydrogen-bond acceptors (Lipinski definition) is 1. The second-order valence-corrected chi connectivity index (χ2v) is 5.12. The lowest BCUT2D eigenvalue weighted by Gasteiger charge is -2.13. The molecule has 1 unspecified atom stereocenters. The van der Waals surface area contributed by atoms with Crippen molar-refractivity contribution in [2.75, 3.05) is 0 Å². The van der Waals surface area contributed by atoms with Gasteiger partial charge in [0.15, 0.2) is 0 Å². The number of nitrogens with zero attached hydrogens (tertiary/aromatic N) is 1. The van der Waals surface area contributed by atoms with Crippen molar-refractivity contribution in [2.24, 2.45) is 16.6 Å². The lowest BCUT2D eigenvalue weighted by Crippen LogP contribution is -2.22. The average molecular weight is 230 g/mol. The molecule has 0 spiro atoms. The van der Waals surface area contributed by atoms with Crippen molar-refractivity contribution in [1.29, 1.82) is 0 Å². The summed E-state index contributed by atoms with van der Waals surface area (Å²) in [5.41, 5.74) is 8.63. The van der Waals surface area contributed by atoms with Crippen LogP contribution in [0.3, 0.4) is 0 Å². The van der Waals surface area contributed by atoms with Crippen molar-refractivity contribution < 1.29 is 0 Å². The van der Waals surface area contributed by atoms with Crippen molar-refractivity contribution in [1.82, 2.24) is 0 Å². The Bertz CT molecular complexity index is 386. The van der Waals surface area contributed by atoms with Gasteiger partial charge < -0.3 is 5.73 Å². The lowest BCUT2D eigenvalue weighted by molar-refractivity contribution is 0.699. The molecular weight excluding hydrogens is 208 g/mol. The SMILES string of the molecule is Cc1ccc(C(C)N=C(N)C2CCCC2)cc1. The van der Waals surface area contributed by atoms with Crippen molar-refractivity contribution in [2.45, 2.75) is 45.6 Å². The Morgan fingerprint density at radius 1 is 1.24 bits per heavy atom. The van der Waals surface area contributed by atoms with Crippen LogP contribution in [0.5, 0.6) is 0 Å². The lowest BCUT2D eigenvalue weighted by atomic mass is 10.1. The third kappa shape index (κ3) is 3.09. The molecule has 92 valence electrons. The van der Waals surface area contributed by atoms with Gasteiger partial charge in [0.1, 0.15) is 0 Å². The van der Waals surface area contributed by atoms with Crippen molar-refractivity contribution in [3.05, 3.63) is 35.4 Å². The topological polar surface area (TPSA) is 38.4 Å². The molecular formula is C15H22N2. The van der Waals surface area contributed by atoms with E-state index in [0.717, 1.165) is 5.84 Å². The molecule has 0 amide bonds. The van der Waals surface area contributed by atoms with Gasteiger partial charge in [-0.1, -0.05) is 42.7 Å². The van der Waals surface area contributed by atoms with E-state index >= 15 is 0 Å². The van der Waals surface area contributed by atoms with Crippen molar-refractivity contribution in [3.63, 3.8) is 0 Å². The Morgan fingerprint density at radius 2 is 1.82 bits per heavy atom. The summed E-state index contributed by atoms with van der Waals surface area (Å²) in [6.07, 6.45) is 5.05. The maximum Gasteiger partial charge on any atom is 0.0975 e. The second kappa shape index (κ2) is 5.35. The Balaban J connectivity index is 2.06. The van der Waals surface area contributed by atoms with E-state index in [1.165, 1.54) is 36.8 Å². The first-order chi connectivity index (χ1) is 8.16. The van der Waals surface area contributed by atoms with Crippen LogP contribution in [0, 0.1) is 12.8 Å². The largest absolute Gasteiger partial charge is 0.387 e. The van der Waals surface area contributed by atoms with E-state index in [1.54, 1.807) is 0 Å².